The normalized spacial score (nSPS) is 17.2. The Balaban J connectivity index is 1.15. The highest BCUT2D eigenvalue weighted by atomic mass is 19.1. The molecule has 0 spiro atoms. The Morgan fingerprint density at radius 1 is 1.19 bits per heavy atom. The molecule has 3 aromatic carbocycles. The number of carboxylic acid groups (broad SMARTS) is 1. The average Bonchev–Trinajstić information content (AvgIpc) is 3.31. The van der Waals surface area contributed by atoms with E-state index in [-0.39, 0.29) is 23.7 Å². The summed E-state index contributed by atoms with van der Waals surface area (Å²) in [5.74, 6) is 1.44. The number of hydrogen-bond donors (Lipinski definition) is 1. The number of hydrogen-bond acceptors (Lipinski definition) is 7. The fourth-order valence-electron chi connectivity index (χ4n) is 5.90. The largest absolute Gasteiger partial charge is 0.492 e. The number of piperidine rings is 1. The van der Waals surface area contributed by atoms with Crippen molar-refractivity contribution in [2.45, 2.75) is 38.3 Å². The van der Waals surface area contributed by atoms with Gasteiger partial charge in [-0.05, 0) is 69.1 Å². The predicted molar refractivity (Wildman–Crippen MR) is 153 cm³/mol. The smallest absolute Gasteiger partial charge is 0.335 e. The van der Waals surface area contributed by atoms with Gasteiger partial charge in [-0.25, -0.2) is 14.2 Å². The van der Waals surface area contributed by atoms with Crippen molar-refractivity contribution in [3.05, 3.63) is 82.4 Å². The van der Waals surface area contributed by atoms with E-state index in [4.69, 9.17) is 24.5 Å². The number of aryl methyl sites for hydroxylation is 1. The third-order valence-electron chi connectivity index (χ3n) is 8.12. The fourth-order valence-corrected chi connectivity index (χ4v) is 5.90. The predicted octanol–water partition coefficient (Wildman–Crippen LogP) is 5.57. The maximum absolute atomic E-state index is 14.6. The number of halogens is 1. The van der Waals surface area contributed by atoms with Gasteiger partial charge in [0.15, 0.2) is 17.6 Å². The van der Waals surface area contributed by atoms with Crippen LogP contribution in [0.25, 0.3) is 11.0 Å². The molecular weight excluding hydrogens is 539 g/mol. The van der Waals surface area contributed by atoms with Crippen LogP contribution in [0.1, 0.15) is 64.7 Å². The molecular formula is C32H31FN4O5. The molecule has 9 nitrogen and oxygen atoms in total. The van der Waals surface area contributed by atoms with E-state index >= 15 is 0 Å². The topological polar surface area (TPSA) is 110 Å². The number of ether oxygens (including phenoxy) is 3. The molecule has 1 aromatic heterocycles. The van der Waals surface area contributed by atoms with Crippen LogP contribution in [0.5, 0.6) is 17.2 Å². The van der Waals surface area contributed by atoms with Crippen molar-refractivity contribution in [1.29, 1.82) is 5.26 Å². The van der Waals surface area contributed by atoms with E-state index in [9.17, 15) is 14.3 Å². The van der Waals surface area contributed by atoms with Gasteiger partial charge >= 0.3 is 5.97 Å². The van der Waals surface area contributed by atoms with Crippen molar-refractivity contribution in [3.63, 3.8) is 0 Å². The minimum atomic E-state index is -1.00. The molecule has 0 radical (unpaired) electrons. The highest BCUT2D eigenvalue weighted by Gasteiger charge is 2.31. The van der Waals surface area contributed by atoms with Gasteiger partial charge in [-0.2, -0.15) is 5.26 Å². The molecule has 3 heterocycles. The Bertz CT molecular complexity index is 1700. The maximum Gasteiger partial charge on any atom is 0.335 e. The number of imidazole rings is 1. The molecule has 4 aromatic rings. The van der Waals surface area contributed by atoms with Gasteiger partial charge < -0.3 is 23.9 Å². The highest BCUT2D eigenvalue weighted by Crippen LogP contribution is 2.44. The number of carbonyl (C=O) groups is 1. The molecule has 1 atom stereocenters. The Morgan fingerprint density at radius 2 is 2.00 bits per heavy atom. The summed E-state index contributed by atoms with van der Waals surface area (Å²) >= 11 is 0. The number of likely N-dealkylation sites (tertiary alicyclic amines) is 1. The molecule has 0 saturated carbocycles. The van der Waals surface area contributed by atoms with Gasteiger partial charge in [-0.3, -0.25) is 4.90 Å². The fraction of sp³-hybridized carbons (Fsp3) is 0.344. The molecule has 0 bridgehead atoms. The maximum atomic E-state index is 14.6. The number of aromatic nitrogens is 2. The monoisotopic (exact) mass is 570 g/mol. The molecule has 10 heteroatoms. The van der Waals surface area contributed by atoms with Crippen molar-refractivity contribution in [1.82, 2.24) is 14.5 Å². The lowest BCUT2D eigenvalue weighted by atomic mass is 9.88. The zero-order valence-corrected chi connectivity index (χ0v) is 23.5. The number of benzene rings is 3. The molecule has 42 heavy (non-hydrogen) atoms. The quantitative estimate of drug-likeness (QED) is 0.307. The number of carboxylic acids is 1. The van der Waals surface area contributed by atoms with Gasteiger partial charge in [0.2, 0.25) is 0 Å². The third-order valence-corrected chi connectivity index (χ3v) is 8.12. The lowest BCUT2D eigenvalue weighted by molar-refractivity contribution is 0.0696. The van der Waals surface area contributed by atoms with E-state index < -0.39 is 17.9 Å². The summed E-state index contributed by atoms with van der Waals surface area (Å²) in [6.07, 6.45) is 1.25. The van der Waals surface area contributed by atoms with Crippen LogP contribution in [0.15, 0.2) is 48.5 Å². The average molecular weight is 571 g/mol. The van der Waals surface area contributed by atoms with Crippen LogP contribution in [0.4, 0.5) is 4.39 Å². The number of nitrogens with zero attached hydrogens (tertiary/aromatic N) is 4. The van der Waals surface area contributed by atoms with Gasteiger partial charge in [0.1, 0.15) is 29.5 Å². The molecule has 1 fully saturated rings. The summed E-state index contributed by atoms with van der Waals surface area (Å²) in [6.45, 7) is 4.82. The van der Waals surface area contributed by atoms with E-state index in [0.29, 0.717) is 41.5 Å². The van der Waals surface area contributed by atoms with Gasteiger partial charge in [-0.1, -0.05) is 18.2 Å². The second-order valence-corrected chi connectivity index (χ2v) is 10.7. The van der Waals surface area contributed by atoms with E-state index in [0.717, 1.165) is 42.8 Å². The number of nitriles is 1. The first kappa shape index (κ1) is 27.5. The Kier molecular flexibility index (Phi) is 7.43. The number of fused-ring (bicyclic) bond motifs is 2. The van der Waals surface area contributed by atoms with E-state index in [1.165, 1.54) is 12.1 Å². The summed E-state index contributed by atoms with van der Waals surface area (Å²) in [5.41, 5.74) is 3.30. The highest BCUT2D eigenvalue weighted by molar-refractivity contribution is 5.95. The van der Waals surface area contributed by atoms with Crippen molar-refractivity contribution < 1.29 is 28.5 Å². The summed E-state index contributed by atoms with van der Waals surface area (Å²) in [7, 11) is 1.91. The molecule has 2 aliphatic rings. The minimum absolute atomic E-state index is 0.173. The van der Waals surface area contributed by atoms with Gasteiger partial charge in [-0.15, -0.1) is 0 Å². The molecule has 1 saturated heterocycles. The summed E-state index contributed by atoms with van der Waals surface area (Å²) in [4.78, 5) is 18.8. The number of para-hydroxylation sites is 1. The molecule has 0 amide bonds. The summed E-state index contributed by atoms with van der Waals surface area (Å²) < 4.78 is 34.6. The van der Waals surface area contributed by atoms with Crippen LogP contribution in [0, 0.1) is 17.1 Å². The minimum Gasteiger partial charge on any atom is -0.492 e. The van der Waals surface area contributed by atoms with Crippen LogP contribution in [-0.4, -0.2) is 51.8 Å². The van der Waals surface area contributed by atoms with Crippen LogP contribution in [0.2, 0.25) is 0 Å². The second-order valence-electron chi connectivity index (χ2n) is 10.7. The zero-order valence-electron chi connectivity index (χ0n) is 23.5. The van der Waals surface area contributed by atoms with E-state index in [1.807, 2.05) is 36.7 Å². The van der Waals surface area contributed by atoms with E-state index in [1.54, 1.807) is 18.2 Å². The lowest BCUT2D eigenvalue weighted by Gasteiger charge is -2.34. The first-order valence-electron chi connectivity index (χ1n) is 14.1. The van der Waals surface area contributed by atoms with Gasteiger partial charge in [0.25, 0.3) is 0 Å². The molecule has 1 N–H and O–H groups in total. The number of aromatic carboxylic acids is 1. The van der Waals surface area contributed by atoms with Crippen molar-refractivity contribution >= 4 is 17.0 Å². The van der Waals surface area contributed by atoms with Crippen LogP contribution < -0.4 is 14.2 Å². The number of rotatable bonds is 7. The molecule has 0 unspecified atom stereocenters. The molecule has 6 rings (SSSR count). The van der Waals surface area contributed by atoms with Crippen molar-refractivity contribution in [2.24, 2.45) is 7.05 Å². The van der Waals surface area contributed by atoms with Crippen LogP contribution in [-0.2, 0) is 13.6 Å². The molecule has 2 aliphatic heterocycles. The Labute approximate surface area is 242 Å². The van der Waals surface area contributed by atoms with Crippen LogP contribution in [0.3, 0.4) is 0 Å². The van der Waals surface area contributed by atoms with Gasteiger partial charge in [0.05, 0.1) is 35.9 Å². The van der Waals surface area contributed by atoms with E-state index in [2.05, 4.69) is 11.0 Å². The van der Waals surface area contributed by atoms with Crippen molar-refractivity contribution in [2.75, 3.05) is 26.3 Å². The third kappa shape index (κ3) is 5.12. The summed E-state index contributed by atoms with van der Waals surface area (Å²) in [5, 5.41) is 18.6. The first-order chi connectivity index (χ1) is 20.4. The first-order valence-corrected chi connectivity index (χ1v) is 14.1. The standard InChI is InChI=1S/C32H31FN4O5/c1-3-40-27-15-21(32(38)39)14-25-30(27)35-29(36(25)2)17-37-11-9-20(10-12-37)22-5-4-6-26-31(22)41-18-28(42-26)23-8-7-19(16-34)13-24(23)33/h4-8,13-15,20,28H,3,9-12,17-18H2,1-2H3,(H,38,39)/t28-/m1/s1. The Hall–Kier alpha value is -4.62. The van der Waals surface area contributed by atoms with Gasteiger partial charge in [0, 0.05) is 18.2 Å². The zero-order chi connectivity index (χ0) is 29.4. The molecule has 216 valence electrons. The summed E-state index contributed by atoms with van der Waals surface area (Å²) in [6, 6.07) is 15.4. The lowest BCUT2D eigenvalue weighted by Crippen LogP contribution is -2.33. The van der Waals surface area contributed by atoms with Crippen LogP contribution >= 0.6 is 0 Å². The second kappa shape index (κ2) is 11.3. The molecule has 0 aliphatic carbocycles. The Morgan fingerprint density at radius 3 is 2.71 bits per heavy atom. The SMILES string of the molecule is CCOc1cc(C(=O)O)cc2c1nc(CN1CCC(c3cccc4c3OC[C@H](c3ccc(C#N)cc3F)O4)CC1)n2C. The van der Waals surface area contributed by atoms with Crippen molar-refractivity contribution in [3.8, 4) is 23.3 Å².